The van der Waals surface area contributed by atoms with E-state index in [0.29, 0.717) is 6.54 Å². The summed E-state index contributed by atoms with van der Waals surface area (Å²) >= 11 is 1.86. The normalized spacial score (nSPS) is 16.8. The summed E-state index contributed by atoms with van der Waals surface area (Å²) in [4.78, 5) is 0. The predicted octanol–water partition coefficient (Wildman–Crippen LogP) is 1.10. The van der Waals surface area contributed by atoms with Gasteiger partial charge in [0, 0.05) is 19.4 Å². The van der Waals surface area contributed by atoms with Crippen LogP contribution < -0.4 is 5.73 Å². The summed E-state index contributed by atoms with van der Waals surface area (Å²) in [6, 6.07) is 0. The molecular formula is C7H17NOS. The molecule has 0 aliphatic heterocycles. The second-order valence-electron chi connectivity index (χ2n) is 2.50. The molecular weight excluding hydrogens is 146 g/mol. The van der Waals surface area contributed by atoms with E-state index in [-0.39, 0.29) is 5.60 Å². The van der Waals surface area contributed by atoms with Crippen LogP contribution in [-0.2, 0) is 4.74 Å². The molecule has 0 aliphatic carbocycles. The van der Waals surface area contributed by atoms with E-state index in [1.54, 1.807) is 7.11 Å². The van der Waals surface area contributed by atoms with Crippen molar-refractivity contribution in [1.29, 1.82) is 0 Å². The molecule has 1 atom stereocenters. The largest absolute Gasteiger partial charge is 0.376 e. The third kappa shape index (κ3) is 3.44. The standard InChI is InChI=1S/C7H17NOS/c1-4-10-6-7(2,5-8)9-3/h4-6,8H2,1-3H3. The van der Waals surface area contributed by atoms with Crippen molar-refractivity contribution < 1.29 is 4.74 Å². The van der Waals surface area contributed by atoms with Gasteiger partial charge in [-0.2, -0.15) is 11.8 Å². The Kier molecular flexibility index (Phi) is 5.13. The van der Waals surface area contributed by atoms with Gasteiger partial charge in [-0.1, -0.05) is 6.92 Å². The number of methoxy groups -OCH3 is 1. The third-order valence-electron chi connectivity index (χ3n) is 1.54. The first-order valence-electron chi connectivity index (χ1n) is 3.51. The van der Waals surface area contributed by atoms with Gasteiger partial charge < -0.3 is 10.5 Å². The molecule has 0 aliphatic rings. The second-order valence-corrected chi connectivity index (χ2v) is 3.77. The summed E-state index contributed by atoms with van der Waals surface area (Å²) in [6.07, 6.45) is 0. The summed E-state index contributed by atoms with van der Waals surface area (Å²) in [5.74, 6) is 2.11. The summed E-state index contributed by atoms with van der Waals surface area (Å²) in [5, 5.41) is 0. The molecule has 0 aromatic heterocycles. The van der Waals surface area contributed by atoms with Crippen LogP contribution >= 0.6 is 11.8 Å². The van der Waals surface area contributed by atoms with Crippen molar-refractivity contribution in [3.63, 3.8) is 0 Å². The highest BCUT2D eigenvalue weighted by atomic mass is 32.2. The van der Waals surface area contributed by atoms with Gasteiger partial charge >= 0.3 is 0 Å². The molecule has 3 heteroatoms. The van der Waals surface area contributed by atoms with E-state index < -0.39 is 0 Å². The van der Waals surface area contributed by atoms with E-state index >= 15 is 0 Å². The minimum absolute atomic E-state index is 0.124. The van der Waals surface area contributed by atoms with Crippen molar-refractivity contribution in [1.82, 2.24) is 0 Å². The number of ether oxygens (including phenoxy) is 1. The molecule has 1 unspecified atom stereocenters. The van der Waals surface area contributed by atoms with E-state index in [0.717, 1.165) is 11.5 Å². The van der Waals surface area contributed by atoms with Crippen LogP contribution in [0.2, 0.25) is 0 Å². The van der Waals surface area contributed by atoms with Crippen LogP contribution in [0.3, 0.4) is 0 Å². The highest BCUT2D eigenvalue weighted by Gasteiger charge is 2.20. The van der Waals surface area contributed by atoms with Gasteiger partial charge in [0.1, 0.15) is 0 Å². The molecule has 0 aromatic rings. The van der Waals surface area contributed by atoms with Gasteiger partial charge in [0.05, 0.1) is 5.60 Å². The first kappa shape index (κ1) is 10.3. The summed E-state index contributed by atoms with van der Waals surface area (Å²) in [7, 11) is 1.71. The molecule has 0 heterocycles. The summed E-state index contributed by atoms with van der Waals surface area (Å²) in [5.41, 5.74) is 5.40. The first-order chi connectivity index (χ1) is 4.68. The molecule has 0 spiro atoms. The van der Waals surface area contributed by atoms with E-state index in [1.807, 2.05) is 18.7 Å². The Morgan fingerprint density at radius 3 is 2.50 bits per heavy atom. The lowest BCUT2D eigenvalue weighted by atomic mass is 10.1. The van der Waals surface area contributed by atoms with Crippen LogP contribution in [0.1, 0.15) is 13.8 Å². The Balaban J connectivity index is 3.58. The smallest absolute Gasteiger partial charge is 0.0862 e. The van der Waals surface area contributed by atoms with Gasteiger partial charge in [-0.25, -0.2) is 0 Å². The lowest BCUT2D eigenvalue weighted by Crippen LogP contribution is -2.39. The van der Waals surface area contributed by atoms with Crippen molar-refractivity contribution in [2.24, 2.45) is 5.73 Å². The Labute approximate surface area is 67.5 Å². The molecule has 2 nitrogen and oxygen atoms in total. The first-order valence-corrected chi connectivity index (χ1v) is 4.67. The van der Waals surface area contributed by atoms with Crippen LogP contribution in [0.4, 0.5) is 0 Å². The zero-order valence-electron chi connectivity index (χ0n) is 7.02. The number of nitrogens with two attached hydrogens (primary N) is 1. The molecule has 0 radical (unpaired) electrons. The molecule has 0 saturated carbocycles. The number of hydrogen-bond acceptors (Lipinski definition) is 3. The van der Waals surface area contributed by atoms with E-state index in [1.165, 1.54) is 0 Å². The highest BCUT2D eigenvalue weighted by molar-refractivity contribution is 7.99. The molecule has 0 rings (SSSR count). The number of rotatable bonds is 5. The fourth-order valence-electron chi connectivity index (χ4n) is 0.519. The molecule has 62 valence electrons. The van der Waals surface area contributed by atoms with Gasteiger partial charge in [0.25, 0.3) is 0 Å². The maximum absolute atomic E-state index is 5.52. The monoisotopic (exact) mass is 163 g/mol. The van der Waals surface area contributed by atoms with Crippen molar-refractivity contribution in [3.8, 4) is 0 Å². The van der Waals surface area contributed by atoms with Crippen molar-refractivity contribution in [2.45, 2.75) is 19.4 Å². The minimum atomic E-state index is -0.124. The average Bonchev–Trinajstić information content (AvgIpc) is 2.00. The van der Waals surface area contributed by atoms with Crippen molar-refractivity contribution >= 4 is 11.8 Å². The van der Waals surface area contributed by atoms with Crippen LogP contribution in [0.15, 0.2) is 0 Å². The Morgan fingerprint density at radius 2 is 2.20 bits per heavy atom. The Bertz CT molecular complexity index is 83.7. The summed E-state index contributed by atoms with van der Waals surface area (Å²) in [6.45, 7) is 4.77. The lowest BCUT2D eigenvalue weighted by Gasteiger charge is -2.25. The van der Waals surface area contributed by atoms with Gasteiger partial charge in [0.2, 0.25) is 0 Å². The molecule has 0 fully saturated rings. The zero-order chi connectivity index (χ0) is 8.04. The molecule has 0 aromatic carbocycles. The highest BCUT2D eigenvalue weighted by Crippen LogP contribution is 2.14. The zero-order valence-corrected chi connectivity index (χ0v) is 7.83. The van der Waals surface area contributed by atoms with Crippen LogP contribution in [0.5, 0.6) is 0 Å². The molecule has 0 saturated heterocycles. The molecule has 0 bridgehead atoms. The maximum atomic E-state index is 5.52. The molecule has 10 heavy (non-hydrogen) atoms. The molecule has 0 amide bonds. The van der Waals surface area contributed by atoms with Crippen molar-refractivity contribution in [3.05, 3.63) is 0 Å². The quantitative estimate of drug-likeness (QED) is 0.659. The Morgan fingerprint density at radius 1 is 1.60 bits per heavy atom. The Hall–Kier alpha value is 0.270. The van der Waals surface area contributed by atoms with E-state index in [2.05, 4.69) is 6.92 Å². The van der Waals surface area contributed by atoms with Gasteiger partial charge in [-0.05, 0) is 12.7 Å². The fraction of sp³-hybridized carbons (Fsp3) is 1.00. The summed E-state index contributed by atoms with van der Waals surface area (Å²) < 4.78 is 5.24. The van der Waals surface area contributed by atoms with Crippen LogP contribution in [0.25, 0.3) is 0 Å². The predicted molar refractivity (Wildman–Crippen MR) is 47.5 cm³/mol. The van der Waals surface area contributed by atoms with Gasteiger partial charge in [-0.15, -0.1) is 0 Å². The van der Waals surface area contributed by atoms with Gasteiger partial charge in [-0.3, -0.25) is 0 Å². The van der Waals surface area contributed by atoms with E-state index in [4.69, 9.17) is 10.5 Å². The number of thioether (sulfide) groups is 1. The van der Waals surface area contributed by atoms with E-state index in [9.17, 15) is 0 Å². The van der Waals surface area contributed by atoms with Crippen LogP contribution in [0, 0.1) is 0 Å². The topological polar surface area (TPSA) is 35.2 Å². The maximum Gasteiger partial charge on any atom is 0.0862 e. The average molecular weight is 163 g/mol. The third-order valence-corrected chi connectivity index (χ3v) is 2.76. The second kappa shape index (κ2) is 4.99. The lowest BCUT2D eigenvalue weighted by molar-refractivity contribution is 0.0350. The molecule has 2 N–H and O–H groups in total. The fourth-order valence-corrected chi connectivity index (χ4v) is 1.39. The minimum Gasteiger partial charge on any atom is -0.376 e. The van der Waals surface area contributed by atoms with Crippen molar-refractivity contribution in [2.75, 3.05) is 25.2 Å². The van der Waals surface area contributed by atoms with Gasteiger partial charge in [0.15, 0.2) is 0 Å². The van der Waals surface area contributed by atoms with Crippen LogP contribution in [-0.4, -0.2) is 30.8 Å². The number of hydrogen-bond donors (Lipinski definition) is 1. The SMILES string of the molecule is CCSCC(C)(CN)OC.